The molecule has 0 aliphatic carbocycles. The van der Waals surface area contributed by atoms with Gasteiger partial charge in [-0.3, -0.25) is 14.6 Å². The van der Waals surface area contributed by atoms with Gasteiger partial charge >= 0.3 is 6.09 Å². The van der Waals surface area contributed by atoms with Crippen molar-refractivity contribution < 1.29 is 29.0 Å². The first-order chi connectivity index (χ1) is 19.3. The zero-order valence-electron chi connectivity index (χ0n) is 25.0. The van der Waals surface area contributed by atoms with Gasteiger partial charge in [0.2, 0.25) is 0 Å². The van der Waals surface area contributed by atoms with Gasteiger partial charge in [-0.15, -0.1) is 0 Å². The Morgan fingerprint density at radius 3 is 2.34 bits per heavy atom. The number of pyridine rings is 1. The Labute approximate surface area is 242 Å². The van der Waals surface area contributed by atoms with Gasteiger partial charge in [0.25, 0.3) is 5.91 Å². The number of carbonyl (C=O) groups excluding carboxylic acids is 3. The Bertz CT molecular complexity index is 1250. The lowest BCUT2D eigenvalue weighted by Crippen LogP contribution is -2.67. The van der Waals surface area contributed by atoms with Crippen LogP contribution in [0.5, 0.6) is 0 Å². The molecule has 1 aromatic heterocycles. The summed E-state index contributed by atoms with van der Waals surface area (Å²) in [5, 5.41) is 15.3. The highest BCUT2D eigenvalue weighted by Gasteiger charge is 2.55. The number of hydrogen-bond acceptors (Lipinski definition) is 7. The van der Waals surface area contributed by atoms with Crippen LogP contribution in [0.15, 0.2) is 42.7 Å². The summed E-state index contributed by atoms with van der Waals surface area (Å²) in [6, 6.07) is 8.61. The number of carbonyl (C=O) groups is 3. The smallest absolute Gasteiger partial charge is 0.410 e. The number of nitrogens with one attached hydrogen (secondary N) is 1. The molecule has 9 nitrogen and oxygen atoms in total. The quantitative estimate of drug-likeness (QED) is 0.486. The maximum atomic E-state index is 13.2. The van der Waals surface area contributed by atoms with E-state index in [1.54, 1.807) is 31.7 Å². The molecule has 222 valence electrons. The molecule has 2 unspecified atom stereocenters. The van der Waals surface area contributed by atoms with Crippen LogP contribution < -0.4 is 5.32 Å². The summed E-state index contributed by atoms with van der Waals surface area (Å²) in [7, 11) is 0. The fourth-order valence-electron chi connectivity index (χ4n) is 5.68. The normalized spacial score (nSPS) is 21.1. The number of aromatic nitrogens is 1. The number of Topliss-reactive ketones (excluding diaryl/α,β-unsaturated/α-hetero) is 1. The molecule has 2 aliphatic heterocycles. The van der Waals surface area contributed by atoms with Gasteiger partial charge < -0.3 is 24.8 Å². The molecule has 0 saturated carbocycles. The first-order valence-corrected chi connectivity index (χ1v) is 14.5. The fraction of sp³-hybridized carbons (Fsp3) is 0.562. The van der Waals surface area contributed by atoms with E-state index in [4.69, 9.17) is 9.47 Å². The molecule has 2 fully saturated rings. The van der Waals surface area contributed by atoms with E-state index < -0.39 is 29.2 Å². The molecule has 3 atom stereocenters. The van der Waals surface area contributed by atoms with Crippen molar-refractivity contribution in [1.82, 2.24) is 15.2 Å². The SMILES string of the molecule is CC(C)c1ccc([C@@](O)(c2cncc(C(=O)NCC(=O)C3CCOCC3)c2)C2C(C)CN2C(=O)OC(C)(C)C)cc1. The number of ketones is 1. The van der Waals surface area contributed by atoms with E-state index in [2.05, 4.69) is 24.1 Å². The summed E-state index contributed by atoms with van der Waals surface area (Å²) >= 11 is 0. The Balaban J connectivity index is 1.65. The molecule has 0 bridgehead atoms. The number of rotatable bonds is 8. The van der Waals surface area contributed by atoms with E-state index in [1.807, 2.05) is 31.2 Å². The highest BCUT2D eigenvalue weighted by atomic mass is 16.6. The number of benzene rings is 1. The minimum Gasteiger partial charge on any atom is -0.444 e. The van der Waals surface area contributed by atoms with Crippen LogP contribution in [0.3, 0.4) is 0 Å². The molecule has 2 amide bonds. The largest absolute Gasteiger partial charge is 0.444 e. The Morgan fingerprint density at radius 2 is 1.76 bits per heavy atom. The third-order valence-corrected chi connectivity index (χ3v) is 7.97. The van der Waals surface area contributed by atoms with Gasteiger partial charge in [-0.2, -0.15) is 0 Å². The molecular formula is C32H43N3O6. The monoisotopic (exact) mass is 565 g/mol. The number of likely N-dealkylation sites (tertiary alicyclic amines) is 1. The van der Waals surface area contributed by atoms with E-state index in [0.717, 1.165) is 5.56 Å². The lowest BCUT2D eigenvalue weighted by Gasteiger charge is -2.54. The summed E-state index contributed by atoms with van der Waals surface area (Å²) in [6.45, 7) is 13.0. The van der Waals surface area contributed by atoms with E-state index in [0.29, 0.717) is 49.6 Å². The zero-order chi connectivity index (χ0) is 29.9. The summed E-state index contributed by atoms with van der Waals surface area (Å²) in [4.78, 5) is 44.8. The Morgan fingerprint density at radius 1 is 1.10 bits per heavy atom. The predicted molar refractivity (Wildman–Crippen MR) is 155 cm³/mol. The second-order valence-corrected chi connectivity index (χ2v) is 12.6. The third kappa shape index (κ3) is 6.79. The van der Waals surface area contributed by atoms with Crippen molar-refractivity contribution in [1.29, 1.82) is 0 Å². The molecule has 3 heterocycles. The van der Waals surface area contributed by atoms with Gasteiger partial charge in [-0.25, -0.2) is 4.79 Å². The predicted octanol–water partition coefficient (Wildman–Crippen LogP) is 4.42. The van der Waals surface area contributed by atoms with Crippen LogP contribution in [-0.4, -0.2) is 70.7 Å². The number of amides is 2. The highest BCUT2D eigenvalue weighted by molar-refractivity contribution is 5.97. The van der Waals surface area contributed by atoms with Crippen LogP contribution in [0.1, 0.15) is 87.4 Å². The van der Waals surface area contributed by atoms with Crippen molar-refractivity contribution in [3.8, 4) is 0 Å². The molecule has 1 aromatic carbocycles. The molecule has 2 N–H and O–H groups in total. The Hall–Kier alpha value is -3.30. The van der Waals surface area contributed by atoms with E-state index in [-0.39, 0.29) is 29.7 Å². The second-order valence-electron chi connectivity index (χ2n) is 12.6. The van der Waals surface area contributed by atoms with Crippen LogP contribution in [-0.2, 0) is 19.9 Å². The fourth-order valence-corrected chi connectivity index (χ4v) is 5.68. The van der Waals surface area contributed by atoms with Crippen LogP contribution in [0.2, 0.25) is 0 Å². The van der Waals surface area contributed by atoms with E-state index in [9.17, 15) is 19.5 Å². The molecule has 9 heteroatoms. The molecule has 0 radical (unpaired) electrons. The lowest BCUT2D eigenvalue weighted by atomic mass is 9.70. The van der Waals surface area contributed by atoms with Gasteiger partial charge in [0, 0.05) is 43.6 Å². The van der Waals surface area contributed by atoms with Gasteiger partial charge in [-0.05, 0) is 62.6 Å². The number of ether oxygens (including phenoxy) is 2. The Kier molecular flexibility index (Phi) is 9.19. The maximum absolute atomic E-state index is 13.2. The molecule has 2 aliphatic rings. The summed E-state index contributed by atoms with van der Waals surface area (Å²) in [5.41, 5.74) is -0.0772. The van der Waals surface area contributed by atoms with Crippen molar-refractivity contribution >= 4 is 17.8 Å². The average Bonchev–Trinajstić information content (AvgIpc) is 2.93. The van der Waals surface area contributed by atoms with Gasteiger partial charge in [0.1, 0.15) is 11.2 Å². The third-order valence-electron chi connectivity index (χ3n) is 7.97. The van der Waals surface area contributed by atoms with E-state index >= 15 is 0 Å². The molecule has 2 aromatic rings. The first kappa shape index (κ1) is 30.7. The van der Waals surface area contributed by atoms with Gasteiger partial charge in [0.05, 0.1) is 18.2 Å². The highest BCUT2D eigenvalue weighted by Crippen LogP contribution is 2.44. The van der Waals surface area contributed by atoms with Crippen molar-refractivity contribution in [3.63, 3.8) is 0 Å². The van der Waals surface area contributed by atoms with Gasteiger partial charge in [0.15, 0.2) is 5.78 Å². The van der Waals surface area contributed by atoms with E-state index in [1.165, 1.54) is 12.4 Å². The molecule has 0 spiro atoms. The summed E-state index contributed by atoms with van der Waals surface area (Å²) < 4.78 is 11.0. The average molecular weight is 566 g/mol. The minimum absolute atomic E-state index is 0.0243. The van der Waals surface area contributed by atoms with Crippen LogP contribution >= 0.6 is 0 Å². The first-order valence-electron chi connectivity index (χ1n) is 14.5. The molecular weight excluding hydrogens is 522 g/mol. The number of aliphatic hydroxyl groups is 1. The van der Waals surface area contributed by atoms with Crippen LogP contribution in [0, 0.1) is 11.8 Å². The number of nitrogens with zero attached hydrogens (tertiary/aromatic N) is 2. The van der Waals surface area contributed by atoms with Crippen LogP contribution in [0.4, 0.5) is 4.79 Å². The van der Waals surface area contributed by atoms with Crippen molar-refractivity contribution in [3.05, 3.63) is 65.0 Å². The summed E-state index contributed by atoms with van der Waals surface area (Å²) in [6.07, 6.45) is 3.74. The standard InChI is InChI=1S/C32H43N3O6/c1-20(2)22-7-9-25(10-8-22)32(39,28-21(3)19-35(28)30(38)41-31(4,5)6)26-15-24(16-33-17-26)29(37)34-18-27(36)23-11-13-40-14-12-23/h7-10,15-17,20-21,23,28,39H,11-14,18-19H2,1-6H3,(H,34,37)/t21?,28?,32-/m1/s1. The second kappa shape index (κ2) is 12.3. The van der Waals surface area contributed by atoms with Crippen LogP contribution in [0.25, 0.3) is 0 Å². The maximum Gasteiger partial charge on any atom is 0.410 e. The summed E-state index contributed by atoms with van der Waals surface area (Å²) in [5.74, 6) is -0.361. The molecule has 4 rings (SSSR count). The topological polar surface area (TPSA) is 118 Å². The lowest BCUT2D eigenvalue weighted by molar-refractivity contribution is -0.124. The zero-order valence-corrected chi connectivity index (χ0v) is 25.0. The number of hydrogen-bond donors (Lipinski definition) is 2. The van der Waals surface area contributed by atoms with Crippen molar-refractivity contribution in [2.45, 2.75) is 77.5 Å². The van der Waals surface area contributed by atoms with Gasteiger partial charge in [-0.1, -0.05) is 45.0 Å². The van der Waals surface area contributed by atoms with Crippen molar-refractivity contribution in [2.75, 3.05) is 26.3 Å². The van der Waals surface area contributed by atoms with Crippen molar-refractivity contribution in [2.24, 2.45) is 11.8 Å². The molecule has 41 heavy (non-hydrogen) atoms. The minimum atomic E-state index is -1.68. The molecule has 2 saturated heterocycles.